The molecule has 0 amide bonds. The van der Waals surface area contributed by atoms with Gasteiger partial charge in [0.2, 0.25) is 10.0 Å². The smallest absolute Gasteiger partial charge is 0.211 e. The average Bonchev–Trinajstić information content (AvgIpc) is 2.62. The summed E-state index contributed by atoms with van der Waals surface area (Å²) in [6, 6.07) is 3.49. The van der Waals surface area contributed by atoms with Gasteiger partial charge >= 0.3 is 0 Å². The summed E-state index contributed by atoms with van der Waals surface area (Å²) in [6.07, 6.45) is 3.36. The fourth-order valence-corrected chi connectivity index (χ4v) is 2.03. The molecule has 2 N–H and O–H groups in total. The van der Waals surface area contributed by atoms with Gasteiger partial charge in [-0.25, -0.2) is 8.42 Å². The maximum atomic E-state index is 11.4. The molecule has 0 saturated carbocycles. The molecule has 0 unspecified atom stereocenters. The van der Waals surface area contributed by atoms with Crippen molar-refractivity contribution in [2.75, 3.05) is 19.3 Å². The van der Waals surface area contributed by atoms with Crippen molar-refractivity contribution < 1.29 is 12.8 Å². The molecule has 0 aliphatic heterocycles. The van der Waals surface area contributed by atoms with Crippen LogP contribution in [-0.2, 0) is 16.6 Å². The van der Waals surface area contributed by atoms with Crippen molar-refractivity contribution in [1.29, 1.82) is 0 Å². The van der Waals surface area contributed by atoms with Gasteiger partial charge in [-0.05, 0) is 25.1 Å². The van der Waals surface area contributed by atoms with Gasteiger partial charge in [-0.3, -0.25) is 0 Å². The molecule has 0 aliphatic rings. The number of sulfonamides is 1. The molecule has 1 aromatic rings. The Morgan fingerprint density at radius 1 is 1.53 bits per heavy atom. The van der Waals surface area contributed by atoms with Gasteiger partial charge in [0.05, 0.1) is 19.1 Å². The number of hydrogen-bond donors (Lipinski definition) is 1. The molecule has 6 heteroatoms. The Labute approximate surface area is 89.9 Å². The Morgan fingerprint density at radius 2 is 2.27 bits per heavy atom. The number of rotatable bonds is 6. The van der Waals surface area contributed by atoms with E-state index in [9.17, 15) is 8.42 Å². The first-order valence-electron chi connectivity index (χ1n) is 4.71. The van der Waals surface area contributed by atoms with E-state index in [0.717, 1.165) is 0 Å². The normalized spacial score (nSPS) is 12.2. The van der Waals surface area contributed by atoms with Crippen molar-refractivity contribution in [2.45, 2.75) is 13.0 Å². The molecule has 0 saturated heterocycles. The van der Waals surface area contributed by atoms with E-state index in [1.54, 1.807) is 12.1 Å². The van der Waals surface area contributed by atoms with Crippen LogP contribution in [0.1, 0.15) is 12.2 Å². The zero-order valence-corrected chi connectivity index (χ0v) is 9.53. The molecule has 0 radical (unpaired) electrons. The second kappa shape index (κ2) is 5.29. The molecule has 86 valence electrons. The van der Waals surface area contributed by atoms with Crippen LogP contribution in [0.15, 0.2) is 22.8 Å². The Bertz CT molecular complexity index is 372. The standard InChI is InChI=1S/C9H16N2O3S/c1-15(12,13)11(6-3-5-10)8-9-4-2-7-14-9/h2,4,7H,3,5-6,8,10H2,1H3. The zero-order chi connectivity index (χ0) is 11.3. The molecule has 1 aromatic heterocycles. The third-order valence-electron chi connectivity index (χ3n) is 1.99. The van der Waals surface area contributed by atoms with Gasteiger partial charge in [-0.1, -0.05) is 0 Å². The first-order valence-corrected chi connectivity index (χ1v) is 6.56. The SMILES string of the molecule is CS(=O)(=O)N(CCCN)Cc1ccco1. The summed E-state index contributed by atoms with van der Waals surface area (Å²) in [5, 5.41) is 0. The topological polar surface area (TPSA) is 76.5 Å². The number of nitrogens with two attached hydrogens (primary N) is 1. The van der Waals surface area contributed by atoms with Crippen LogP contribution in [0, 0.1) is 0 Å². The Morgan fingerprint density at radius 3 is 2.73 bits per heavy atom. The molecule has 0 fully saturated rings. The second-order valence-corrected chi connectivity index (χ2v) is 5.30. The molecule has 1 heterocycles. The van der Waals surface area contributed by atoms with Gasteiger partial charge in [-0.2, -0.15) is 4.31 Å². The minimum atomic E-state index is -3.20. The fraction of sp³-hybridized carbons (Fsp3) is 0.556. The minimum Gasteiger partial charge on any atom is -0.468 e. The predicted molar refractivity (Wildman–Crippen MR) is 57.6 cm³/mol. The van der Waals surface area contributed by atoms with Crippen LogP contribution in [0.25, 0.3) is 0 Å². The van der Waals surface area contributed by atoms with E-state index in [1.807, 2.05) is 0 Å². The molecule has 0 bridgehead atoms. The van der Waals surface area contributed by atoms with E-state index in [1.165, 1.54) is 16.8 Å². The number of furan rings is 1. The zero-order valence-electron chi connectivity index (χ0n) is 8.72. The second-order valence-electron chi connectivity index (χ2n) is 3.32. The van der Waals surface area contributed by atoms with E-state index >= 15 is 0 Å². The average molecular weight is 232 g/mol. The Hall–Kier alpha value is -0.850. The number of nitrogens with zero attached hydrogens (tertiary/aromatic N) is 1. The van der Waals surface area contributed by atoms with Gasteiger partial charge in [0, 0.05) is 6.54 Å². The third kappa shape index (κ3) is 4.03. The first-order chi connectivity index (χ1) is 7.04. The molecule has 0 aliphatic carbocycles. The number of hydrogen-bond acceptors (Lipinski definition) is 4. The van der Waals surface area contributed by atoms with Gasteiger partial charge in [0.15, 0.2) is 0 Å². The van der Waals surface area contributed by atoms with Crippen molar-refractivity contribution in [1.82, 2.24) is 4.31 Å². The van der Waals surface area contributed by atoms with Crippen molar-refractivity contribution >= 4 is 10.0 Å². The molecule has 0 atom stereocenters. The van der Waals surface area contributed by atoms with Crippen molar-refractivity contribution in [3.8, 4) is 0 Å². The quantitative estimate of drug-likeness (QED) is 0.769. The minimum absolute atomic E-state index is 0.270. The molecule has 0 spiro atoms. The maximum absolute atomic E-state index is 11.4. The highest BCUT2D eigenvalue weighted by Gasteiger charge is 2.17. The molecule has 0 aromatic carbocycles. The van der Waals surface area contributed by atoms with E-state index < -0.39 is 10.0 Å². The van der Waals surface area contributed by atoms with Crippen molar-refractivity contribution in [3.63, 3.8) is 0 Å². The lowest BCUT2D eigenvalue weighted by Gasteiger charge is -2.17. The lowest BCUT2D eigenvalue weighted by Crippen LogP contribution is -2.31. The highest BCUT2D eigenvalue weighted by Crippen LogP contribution is 2.09. The van der Waals surface area contributed by atoms with E-state index in [-0.39, 0.29) is 6.54 Å². The Kier molecular flexibility index (Phi) is 4.31. The highest BCUT2D eigenvalue weighted by molar-refractivity contribution is 7.88. The van der Waals surface area contributed by atoms with Gasteiger partial charge in [0.1, 0.15) is 5.76 Å². The molecular weight excluding hydrogens is 216 g/mol. The summed E-state index contributed by atoms with van der Waals surface area (Å²) < 4.78 is 29.3. The summed E-state index contributed by atoms with van der Waals surface area (Å²) in [5.41, 5.74) is 5.35. The van der Waals surface area contributed by atoms with Crippen LogP contribution in [0.2, 0.25) is 0 Å². The van der Waals surface area contributed by atoms with Crippen LogP contribution in [0.5, 0.6) is 0 Å². The van der Waals surface area contributed by atoms with Crippen LogP contribution in [0.4, 0.5) is 0 Å². The lowest BCUT2D eigenvalue weighted by molar-refractivity contribution is 0.363. The van der Waals surface area contributed by atoms with Crippen molar-refractivity contribution in [2.24, 2.45) is 5.73 Å². The van der Waals surface area contributed by atoms with Crippen LogP contribution >= 0.6 is 0 Å². The first kappa shape index (κ1) is 12.2. The summed E-state index contributed by atoms with van der Waals surface area (Å²) in [7, 11) is -3.20. The van der Waals surface area contributed by atoms with Gasteiger partial charge in [0.25, 0.3) is 0 Å². The lowest BCUT2D eigenvalue weighted by atomic mass is 10.4. The summed E-state index contributed by atoms with van der Waals surface area (Å²) in [6.45, 7) is 1.17. The van der Waals surface area contributed by atoms with Crippen molar-refractivity contribution in [3.05, 3.63) is 24.2 Å². The molecule has 5 nitrogen and oxygen atoms in total. The van der Waals surface area contributed by atoms with E-state index in [4.69, 9.17) is 10.2 Å². The molecule has 1 rings (SSSR count). The summed E-state index contributed by atoms with van der Waals surface area (Å²) in [4.78, 5) is 0. The van der Waals surface area contributed by atoms with Crippen LogP contribution in [-0.4, -0.2) is 32.1 Å². The van der Waals surface area contributed by atoms with E-state index in [2.05, 4.69) is 0 Å². The van der Waals surface area contributed by atoms with Gasteiger partial charge in [-0.15, -0.1) is 0 Å². The third-order valence-corrected chi connectivity index (χ3v) is 3.24. The Balaban J connectivity index is 2.65. The largest absolute Gasteiger partial charge is 0.468 e. The monoisotopic (exact) mass is 232 g/mol. The highest BCUT2D eigenvalue weighted by atomic mass is 32.2. The summed E-state index contributed by atoms with van der Waals surface area (Å²) in [5.74, 6) is 0.637. The van der Waals surface area contributed by atoms with E-state index in [0.29, 0.717) is 25.3 Å². The predicted octanol–water partition coefficient (Wildman–Crippen LogP) is 0.390. The van der Waals surface area contributed by atoms with Crippen LogP contribution in [0.3, 0.4) is 0 Å². The molecule has 15 heavy (non-hydrogen) atoms. The summed E-state index contributed by atoms with van der Waals surface area (Å²) >= 11 is 0. The van der Waals surface area contributed by atoms with Crippen LogP contribution < -0.4 is 5.73 Å². The fourth-order valence-electron chi connectivity index (χ4n) is 1.21. The molecular formula is C9H16N2O3S. The maximum Gasteiger partial charge on any atom is 0.211 e. The van der Waals surface area contributed by atoms with Gasteiger partial charge < -0.3 is 10.2 Å².